The van der Waals surface area contributed by atoms with Crippen molar-refractivity contribution in [3.05, 3.63) is 41.5 Å². The van der Waals surface area contributed by atoms with E-state index in [0.717, 1.165) is 27.2 Å². The van der Waals surface area contributed by atoms with Crippen molar-refractivity contribution in [2.45, 2.75) is 13.3 Å². The van der Waals surface area contributed by atoms with E-state index in [9.17, 15) is 4.79 Å². The summed E-state index contributed by atoms with van der Waals surface area (Å²) in [6.07, 6.45) is 1.86. The molecule has 0 bridgehead atoms. The first-order chi connectivity index (χ1) is 12.2. The molecule has 0 saturated carbocycles. The summed E-state index contributed by atoms with van der Waals surface area (Å²) in [6.45, 7) is 2.77. The van der Waals surface area contributed by atoms with Gasteiger partial charge in [-0.15, -0.1) is 11.3 Å². The highest BCUT2D eigenvalue weighted by Crippen LogP contribution is 2.40. The maximum Gasteiger partial charge on any atom is 0.221 e. The number of aromatic nitrogens is 2. The average molecular weight is 356 g/mol. The van der Waals surface area contributed by atoms with Gasteiger partial charge in [0, 0.05) is 30.0 Å². The summed E-state index contributed by atoms with van der Waals surface area (Å²) in [5, 5.41) is 15.6. The van der Waals surface area contributed by atoms with Crippen LogP contribution in [0.2, 0.25) is 0 Å². The van der Waals surface area contributed by atoms with Crippen molar-refractivity contribution in [3.8, 4) is 11.1 Å². The van der Waals surface area contributed by atoms with Crippen LogP contribution < -0.4 is 10.6 Å². The van der Waals surface area contributed by atoms with E-state index in [0.29, 0.717) is 13.0 Å². The zero-order valence-electron chi connectivity index (χ0n) is 14.0. The van der Waals surface area contributed by atoms with Crippen LogP contribution in [0, 0.1) is 6.92 Å². The Morgan fingerprint density at radius 2 is 2.00 bits per heavy atom. The van der Waals surface area contributed by atoms with Gasteiger partial charge >= 0.3 is 0 Å². The zero-order chi connectivity index (χ0) is 17.6. The summed E-state index contributed by atoms with van der Waals surface area (Å²) in [7, 11) is 0. The second-order valence-electron chi connectivity index (χ2n) is 5.55. The van der Waals surface area contributed by atoms with Gasteiger partial charge in [0.05, 0.1) is 12.0 Å². The molecule has 25 heavy (non-hydrogen) atoms. The lowest BCUT2D eigenvalue weighted by molar-refractivity contribution is -0.120. The fraction of sp³-hybridized carbons (Fsp3) is 0.278. The molecule has 3 rings (SSSR count). The predicted molar refractivity (Wildman–Crippen MR) is 101 cm³/mol. The molecule has 0 spiro atoms. The predicted octanol–water partition coefficient (Wildman–Crippen LogP) is 2.58. The van der Waals surface area contributed by atoms with E-state index in [1.165, 1.54) is 4.88 Å². The molecule has 3 N–H and O–H groups in total. The molecule has 6 nitrogen and oxygen atoms in total. The molecule has 0 aliphatic carbocycles. The van der Waals surface area contributed by atoms with Crippen LogP contribution in [-0.2, 0) is 4.79 Å². The van der Waals surface area contributed by atoms with Gasteiger partial charge in [-0.25, -0.2) is 9.97 Å². The molecule has 2 heterocycles. The SMILES string of the molecule is Cc1sc2ncnc(NCCC(=O)NCCO)c2c1-c1ccccc1. The third-order valence-electron chi connectivity index (χ3n) is 3.81. The highest BCUT2D eigenvalue weighted by molar-refractivity contribution is 7.19. The molecule has 1 aromatic carbocycles. The van der Waals surface area contributed by atoms with Gasteiger partial charge < -0.3 is 15.7 Å². The van der Waals surface area contributed by atoms with Gasteiger partial charge in [0.2, 0.25) is 5.91 Å². The maximum absolute atomic E-state index is 11.7. The van der Waals surface area contributed by atoms with Gasteiger partial charge in [-0.2, -0.15) is 0 Å². The Bertz CT molecular complexity index is 864. The molecule has 0 aliphatic rings. The number of aliphatic hydroxyl groups excluding tert-OH is 1. The van der Waals surface area contributed by atoms with Gasteiger partial charge in [-0.05, 0) is 12.5 Å². The summed E-state index contributed by atoms with van der Waals surface area (Å²) in [6, 6.07) is 10.2. The third kappa shape index (κ3) is 3.94. The Morgan fingerprint density at radius 3 is 2.76 bits per heavy atom. The van der Waals surface area contributed by atoms with Crippen LogP contribution in [0.25, 0.3) is 21.3 Å². The molecule has 0 aliphatic heterocycles. The minimum absolute atomic E-state index is 0.0552. The number of nitrogens with one attached hydrogen (secondary N) is 2. The van der Waals surface area contributed by atoms with E-state index >= 15 is 0 Å². The van der Waals surface area contributed by atoms with E-state index in [1.807, 2.05) is 18.2 Å². The lowest BCUT2D eigenvalue weighted by atomic mass is 10.0. The first-order valence-electron chi connectivity index (χ1n) is 8.11. The number of aryl methyl sites for hydroxylation is 1. The van der Waals surface area contributed by atoms with E-state index in [-0.39, 0.29) is 19.1 Å². The van der Waals surface area contributed by atoms with Gasteiger partial charge in [-0.1, -0.05) is 30.3 Å². The smallest absolute Gasteiger partial charge is 0.221 e. The quantitative estimate of drug-likeness (QED) is 0.606. The topological polar surface area (TPSA) is 87.1 Å². The lowest BCUT2D eigenvalue weighted by Gasteiger charge is -2.09. The Balaban J connectivity index is 1.85. The maximum atomic E-state index is 11.7. The highest BCUT2D eigenvalue weighted by atomic mass is 32.1. The van der Waals surface area contributed by atoms with Crippen LogP contribution >= 0.6 is 11.3 Å². The summed E-state index contributed by atoms with van der Waals surface area (Å²) >= 11 is 1.64. The van der Waals surface area contributed by atoms with Crippen LogP contribution in [0.4, 0.5) is 5.82 Å². The number of hydrogen-bond acceptors (Lipinski definition) is 6. The zero-order valence-corrected chi connectivity index (χ0v) is 14.8. The first kappa shape index (κ1) is 17.3. The number of amides is 1. The number of carbonyl (C=O) groups excluding carboxylic acids is 1. The van der Waals surface area contributed by atoms with Crippen molar-refractivity contribution < 1.29 is 9.90 Å². The highest BCUT2D eigenvalue weighted by Gasteiger charge is 2.16. The van der Waals surface area contributed by atoms with Gasteiger partial charge in [-0.3, -0.25) is 4.79 Å². The van der Waals surface area contributed by atoms with Crippen LogP contribution in [0.15, 0.2) is 36.7 Å². The minimum Gasteiger partial charge on any atom is -0.395 e. The van der Waals surface area contributed by atoms with Crippen LogP contribution in [0.3, 0.4) is 0 Å². The molecule has 0 radical (unpaired) electrons. The van der Waals surface area contributed by atoms with Gasteiger partial charge in [0.1, 0.15) is 17.0 Å². The fourth-order valence-electron chi connectivity index (χ4n) is 2.71. The molecule has 1 amide bonds. The molecular weight excluding hydrogens is 336 g/mol. The Hall–Kier alpha value is -2.51. The van der Waals surface area contributed by atoms with E-state index in [1.54, 1.807) is 17.7 Å². The fourth-order valence-corrected chi connectivity index (χ4v) is 3.72. The third-order valence-corrected chi connectivity index (χ3v) is 4.82. The molecule has 2 aromatic heterocycles. The monoisotopic (exact) mass is 356 g/mol. The summed E-state index contributed by atoms with van der Waals surface area (Å²) < 4.78 is 0. The van der Waals surface area contributed by atoms with Crippen molar-refractivity contribution >= 4 is 33.3 Å². The average Bonchev–Trinajstić information content (AvgIpc) is 2.97. The molecule has 0 atom stereocenters. The van der Waals surface area contributed by atoms with Crippen LogP contribution in [-0.4, -0.2) is 40.7 Å². The van der Waals surface area contributed by atoms with Crippen LogP contribution in [0.1, 0.15) is 11.3 Å². The van der Waals surface area contributed by atoms with Crippen LogP contribution in [0.5, 0.6) is 0 Å². The number of carbonyl (C=O) groups is 1. The molecular formula is C18H20N4O2S. The normalized spacial score (nSPS) is 10.8. The Kier molecular flexibility index (Phi) is 5.57. The number of thiophene rings is 1. The summed E-state index contributed by atoms with van der Waals surface area (Å²) in [5.41, 5.74) is 2.26. The second-order valence-corrected chi connectivity index (χ2v) is 6.76. The van der Waals surface area contributed by atoms with Crippen molar-refractivity contribution in [1.29, 1.82) is 0 Å². The van der Waals surface area contributed by atoms with Gasteiger partial charge in [0.25, 0.3) is 0 Å². The molecule has 0 fully saturated rings. The molecule has 3 aromatic rings. The lowest BCUT2D eigenvalue weighted by Crippen LogP contribution is -2.28. The number of anilines is 1. The standard InChI is InChI=1S/C18H20N4O2S/c1-12-15(13-5-3-2-4-6-13)16-17(21-11-22-18(16)25-12)20-8-7-14(24)19-9-10-23/h2-6,11,23H,7-10H2,1H3,(H,19,24)(H,20,21,22). The molecule has 130 valence electrons. The number of benzene rings is 1. The number of nitrogens with zero attached hydrogens (tertiary/aromatic N) is 2. The first-order valence-corrected chi connectivity index (χ1v) is 8.93. The van der Waals surface area contributed by atoms with Gasteiger partial charge in [0.15, 0.2) is 0 Å². The van der Waals surface area contributed by atoms with Crippen molar-refractivity contribution in [2.24, 2.45) is 0 Å². The van der Waals surface area contributed by atoms with E-state index < -0.39 is 0 Å². The van der Waals surface area contributed by atoms with Crippen molar-refractivity contribution in [3.63, 3.8) is 0 Å². The molecule has 0 saturated heterocycles. The van der Waals surface area contributed by atoms with Crippen molar-refractivity contribution in [2.75, 3.05) is 25.0 Å². The molecule has 0 unspecified atom stereocenters. The Morgan fingerprint density at radius 1 is 1.20 bits per heavy atom. The minimum atomic E-state index is -0.100. The summed E-state index contributed by atoms with van der Waals surface area (Å²) in [5.74, 6) is 0.639. The largest absolute Gasteiger partial charge is 0.395 e. The second kappa shape index (κ2) is 8.04. The number of rotatable bonds is 7. The number of hydrogen-bond donors (Lipinski definition) is 3. The van der Waals surface area contributed by atoms with Crippen molar-refractivity contribution in [1.82, 2.24) is 15.3 Å². The number of fused-ring (bicyclic) bond motifs is 1. The van der Waals surface area contributed by atoms with E-state index in [4.69, 9.17) is 5.11 Å². The number of aliphatic hydroxyl groups is 1. The summed E-state index contributed by atoms with van der Waals surface area (Å²) in [4.78, 5) is 22.5. The Labute approximate surface area is 149 Å². The molecule has 7 heteroatoms. The van der Waals surface area contributed by atoms with E-state index in [2.05, 4.69) is 39.7 Å².